The molecule has 0 amide bonds. The molecule has 3 heteroatoms. The maximum absolute atomic E-state index is 5.77. The summed E-state index contributed by atoms with van der Waals surface area (Å²) in [6, 6.07) is 4.76. The van der Waals surface area contributed by atoms with Gasteiger partial charge in [0.1, 0.15) is 0 Å². The highest BCUT2D eigenvalue weighted by atomic mass is 15.1. The van der Waals surface area contributed by atoms with Crippen molar-refractivity contribution in [3.8, 4) is 0 Å². The topological polar surface area (TPSA) is 34.2 Å². The summed E-state index contributed by atoms with van der Waals surface area (Å²) in [5, 5.41) is 1.41. The predicted octanol–water partition coefficient (Wildman–Crippen LogP) is 2.26. The van der Waals surface area contributed by atoms with Gasteiger partial charge in [0, 0.05) is 37.2 Å². The molecule has 1 aliphatic rings. The third-order valence-corrected chi connectivity index (χ3v) is 4.24. The average molecular weight is 257 g/mol. The van der Waals surface area contributed by atoms with E-state index >= 15 is 0 Å². The Bertz CT molecular complexity index is 612. The number of fused-ring (bicyclic) bond motifs is 2. The van der Waals surface area contributed by atoms with Gasteiger partial charge in [-0.2, -0.15) is 0 Å². The zero-order valence-corrected chi connectivity index (χ0v) is 12.1. The van der Waals surface area contributed by atoms with Gasteiger partial charge in [-0.3, -0.25) is 4.90 Å². The molecule has 0 spiro atoms. The van der Waals surface area contributed by atoms with Crippen molar-refractivity contribution in [1.82, 2.24) is 9.47 Å². The highest BCUT2D eigenvalue weighted by Gasteiger charge is 2.19. The Balaban J connectivity index is 2.08. The van der Waals surface area contributed by atoms with Crippen molar-refractivity contribution in [3.05, 3.63) is 35.0 Å². The molecule has 2 heterocycles. The van der Waals surface area contributed by atoms with Gasteiger partial charge < -0.3 is 10.3 Å². The first kappa shape index (κ1) is 12.7. The third-order valence-electron chi connectivity index (χ3n) is 4.24. The molecule has 102 valence electrons. The molecular formula is C16H23N3. The molecule has 0 aliphatic carbocycles. The molecule has 0 saturated heterocycles. The minimum atomic E-state index is 0.543. The summed E-state index contributed by atoms with van der Waals surface area (Å²) in [6.07, 6.45) is 3.35. The molecule has 0 saturated carbocycles. The van der Waals surface area contributed by atoms with Crippen molar-refractivity contribution in [1.29, 1.82) is 0 Å². The molecule has 1 aromatic heterocycles. The van der Waals surface area contributed by atoms with Gasteiger partial charge in [-0.15, -0.1) is 0 Å². The molecule has 0 radical (unpaired) electrons. The van der Waals surface area contributed by atoms with Crippen LogP contribution < -0.4 is 5.73 Å². The first-order valence-electron chi connectivity index (χ1n) is 7.06. The molecule has 2 N–H and O–H groups in total. The average Bonchev–Trinajstić information content (AvgIpc) is 2.87. The minimum Gasteiger partial charge on any atom is -0.350 e. The Labute approximate surface area is 115 Å². The molecule has 3 nitrogen and oxygen atoms in total. The van der Waals surface area contributed by atoms with E-state index in [2.05, 4.69) is 48.8 Å². The van der Waals surface area contributed by atoms with Crippen molar-refractivity contribution in [2.24, 2.45) is 18.7 Å². The number of rotatable bonds is 3. The van der Waals surface area contributed by atoms with Crippen LogP contribution in [-0.4, -0.2) is 23.1 Å². The summed E-state index contributed by atoms with van der Waals surface area (Å²) in [6.45, 7) is 5.13. The maximum atomic E-state index is 5.77. The first-order chi connectivity index (χ1) is 9.08. The maximum Gasteiger partial charge on any atom is 0.0484 e. The monoisotopic (exact) mass is 257 g/mol. The van der Waals surface area contributed by atoms with E-state index in [0.29, 0.717) is 5.92 Å². The molecule has 1 aliphatic heterocycles. The largest absolute Gasteiger partial charge is 0.350 e. The summed E-state index contributed by atoms with van der Waals surface area (Å²) < 4.78 is 2.26. The molecule has 1 aromatic carbocycles. The van der Waals surface area contributed by atoms with Crippen LogP contribution in [0.1, 0.15) is 23.6 Å². The second-order valence-electron chi connectivity index (χ2n) is 6.12. The SMILES string of the molecule is CC(CN)Cc1cn(C)c2cc3c(cc12)CN(C)C3. The Morgan fingerprint density at radius 2 is 1.89 bits per heavy atom. The van der Waals surface area contributed by atoms with E-state index in [1.807, 2.05) is 0 Å². The van der Waals surface area contributed by atoms with E-state index < -0.39 is 0 Å². The van der Waals surface area contributed by atoms with E-state index in [4.69, 9.17) is 5.73 Å². The number of hydrogen-bond donors (Lipinski definition) is 1. The molecular weight excluding hydrogens is 234 g/mol. The second kappa shape index (κ2) is 4.66. The number of hydrogen-bond acceptors (Lipinski definition) is 2. The fraction of sp³-hybridized carbons (Fsp3) is 0.500. The molecule has 1 unspecified atom stereocenters. The van der Waals surface area contributed by atoms with Crippen LogP contribution in [0.15, 0.2) is 18.3 Å². The molecule has 0 fully saturated rings. The van der Waals surface area contributed by atoms with E-state index in [9.17, 15) is 0 Å². The smallest absolute Gasteiger partial charge is 0.0484 e. The number of aromatic nitrogens is 1. The minimum absolute atomic E-state index is 0.543. The van der Waals surface area contributed by atoms with Crippen LogP contribution >= 0.6 is 0 Å². The molecule has 19 heavy (non-hydrogen) atoms. The van der Waals surface area contributed by atoms with Gasteiger partial charge in [-0.1, -0.05) is 6.92 Å². The van der Waals surface area contributed by atoms with Crippen LogP contribution in [0.4, 0.5) is 0 Å². The number of benzene rings is 1. The van der Waals surface area contributed by atoms with Crippen molar-refractivity contribution < 1.29 is 0 Å². The van der Waals surface area contributed by atoms with Gasteiger partial charge in [0.25, 0.3) is 0 Å². The zero-order chi connectivity index (χ0) is 13.6. The summed E-state index contributed by atoms with van der Waals surface area (Å²) in [4.78, 5) is 2.37. The van der Waals surface area contributed by atoms with E-state index in [0.717, 1.165) is 26.1 Å². The van der Waals surface area contributed by atoms with Crippen LogP contribution in [0, 0.1) is 5.92 Å². The number of nitrogens with two attached hydrogens (primary N) is 1. The fourth-order valence-corrected chi connectivity index (χ4v) is 3.15. The van der Waals surface area contributed by atoms with Gasteiger partial charge in [-0.25, -0.2) is 0 Å². The van der Waals surface area contributed by atoms with Crippen LogP contribution in [0.25, 0.3) is 10.9 Å². The highest BCUT2D eigenvalue weighted by Crippen LogP contribution is 2.30. The predicted molar refractivity (Wildman–Crippen MR) is 80.0 cm³/mol. The molecule has 0 bridgehead atoms. The summed E-state index contributed by atoms with van der Waals surface area (Å²) in [7, 11) is 4.33. The summed E-state index contributed by atoms with van der Waals surface area (Å²) in [5.74, 6) is 0.543. The standard InChI is InChI=1S/C16H23N3/c1-11(7-17)4-14-10-19(3)16-6-13-9-18(2)8-12(13)5-15(14)16/h5-6,10-11H,4,7-9,17H2,1-3H3. The molecule has 1 atom stereocenters. The lowest BCUT2D eigenvalue weighted by Crippen LogP contribution is -2.12. The fourth-order valence-electron chi connectivity index (χ4n) is 3.15. The number of aryl methyl sites for hydroxylation is 1. The van der Waals surface area contributed by atoms with Gasteiger partial charge in [-0.05, 0) is 54.8 Å². The Morgan fingerprint density at radius 1 is 1.21 bits per heavy atom. The zero-order valence-electron chi connectivity index (χ0n) is 12.1. The highest BCUT2D eigenvalue weighted by molar-refractivity contribution is 5.85. The second-order valence-corrected chi connectivity index (χ2v) is 6.12. The molecule has 2 aromatic rings. The van der Waals surface area contributed by atoms with Gasteiger partial charge in [0.05, 0.1) is 0 Å². The van der Waals surface area contributed by atoms with Gasteiger partial charge >= 0.3 is 0 Å². The summed E-state index contributed by atoms with van der Waals surface area (Å²) in [5.41, 5.74) is 11.5. The van der Waals surface area contributed by atoms with Gasteiger partial charge in [0.2, 0.25) is 0 Å². The third kappa shape index (κ3) is 2.17. The lowest BCUT2D eigenvalue weighted by molar-refractivity contribution is 0.353. The van der Waals surface area contributed by atoms with E-state index in [-0.39, 0.29) is 0 Å². The van der Waals surface area contributed by atoms with Crippen LogP contribution in [0.5, 0.6) is 0 Å². The van der Waals surface area contributed by atoms with Crippen molar-refractivity contribution >= 4 is 10.9 Å². The number of nitrogens with zero attached hydrogens (tertiary/aromatic N) is 2. The van der Waals surface area contributed by atoms with Crippen LogP contribution in [0.2, 0.25) is 0 Å². The normalized spacial score (nSPS) is 17.1. The summed E-state index contributed by atoms with van der Waals surface area (Å²) >= 11 is 0. The van der Waals surface area contributed by atoms with E-state index in [1.165, 1.54) is 27.6 Å². The lowest BCUT2D eigenvalue weighted by atomic mass is 9.99. The van der Waals surface area contributed by atoms with Crippen LogP contribution in [0.3, 0.4) is 0 Å². The lowest BCUT2D eigenvalue weighted by Gasteiger charge is -2.07. The Hall–Kier alpha value is -1.32. The van der Waals surface area contributed by atoms with Crippen molar-refractivity contribution in [2.75, 3.05) is 13.6 Å². The Kier molecular flexibility index (Phi) is 3.11. The Morgan fingerprint density at radius 3 is 2.58 bits per heavy atom. The van der Waals surface area contributed by atoms with Crippen LogP contribution in [-0.2, 0) is 26.6 Å². The van der Waals surface area contributed by atoms with E-state index in [1.54, 1.807) is 0 Å². The van der Waals surface area contributed by atoms with Gasteiger partial charge in [0.15, 0.2) is 0 Å². The quantitative estimate of drug-likeness (QED) is 0.915. The van der Waals surface area contributed by atoms with Crippen molar-refractivity contribution in [3.63, 3.8) is 0 Å². The molecule has 3 rings (SSSR count). The van der Waals surface area contributed by atoms with Crippen molar-refractivity contribution in [2.45, 2.75) is 26.4 Å². The first-order valence-corrected chi connectivity index (χ1v) is 7.06.